The minimum Gasteiger partial charge on any atom is -0.489 e. The van der Waals surface area contributed by atoms with Crippen LogP contribution in [0.4, 0.5) is 23.1 Å². The first-order valence-corrected chi connectivity index (χ1v) is 9.13. The molecule has 0 fully saturated rings. The molecular weight excluding hydrogens is 338 g/mol. The first kappa shape index (κ1) is 18.6. The van der Waals surface area contributed by atoms with Crippen LogP contribution in [-0.4, -0.2) is 27.8 Å². The predicted molar refractivity (Wildman–Crippen MR) is 109 cm³/mol. The number of para-hydroxylation sites is 2. The van der Waals surface area contributed by atoms with Gasteiger partial charge in [0, 0.05) is 12.2 Å². The summed E-state index contributed by atoms with van der Waals surface area (Å²) >= 11 is 0. The van der Waals surface area contributed by atoms with Gasteiger partial charge in [-0.3, -0.25) is 0 Å². The van der Waals surface area contributed by atoms with Crippen molar-refractivity contribution in [2.75, 3.05) is 16.8 Å². The molecule has 0 aliphatic rings. The number of benzene rings is 2. The fourth-order valence-corrected chi connectivity index (χ4v) is 2.80. The van der Waals surface area contributed by atoms with Crippen molar-refractivity contribution >= 4 is 23.1 Å². The number of nitrogens with one attached hydrogen (secondary N) is 1. The molecule has 0 radical (unpaired) electrons. The Bertz CT molecular complexity index is 897. The van der Waals surface area contributed by atoms with E-state index < -0.39 is 0 Å². The van der Waals surface area contributed by atoms with Gasteiger partial charge in [-0.25, -0.2) is 0 Å². The van der Waals surface area contributed by atoms with Gasteiger partial charge in [-0.15, -0.1) is 5.10 Å². The second-order valence-corrected chi connectivity index (χ2v) is 6.51. The van der Waals surface area contributed by atoms with E-state index >= 15 is 0 Å². The van der Waals surface area contributed by atoms with Crippen molar-refractivity contribution in [1.29, 1.82) is 0 Å². The average molecular weight is 363 g/mol. The number of nitrogens with zero attached hydrogens (tertiary/aromatic N) is 4. The van der Waals surface area contributed by atoms with Crippen molar-refractivity contribution in [3.05, 3.63) is 60.3 Å². The van der Waals surface area contributed by atoms with Gasteiger partial charge in [0.25, 0.3) is 0 Å². The standard InChI is InChI=1S/C21H25N5O/c1-5-26(17-10-8-9-16(4)13-17)20-14-22-25-21(24-20)23-18-11-6-7-12-19(18)27-15(2)3/h6-15H,5H2,1-4H3,(H,23,24,25). The molecule has 140 valence electrons. The Kier molecular flexibility index (Phi) is 5.86. The summed E-state index contributed by atoms with van der Waals surface area (Å²) in [6.07, 6.45) is 1.75. The molecule has 0 bridgehead atoms. The number of ether oxygens (including phenoxy) is 1. The van der Waals surface area contributed by atoms with E-state index in [2.05, 4.69) is 57.4 Å². The highest BCUT2D eigenvalue weighted by atomic mass is 16.5. The second kappa shape index (κ2) is 8.49. The molecule has 27 heavy (non-hydrogen) atoms. The normalized spacial score (nSPS) is 10.7. The Balaban J connectivity index is 1.88. The van der Waals surface area contributed by atoms with E-state index in [0.29, 0.717) is 5.95 Å². The monoisotopic (exact) mass is 363 g/mol. The first-order chi connectivity index (χ1) is 13.1. The fraction of sp³-hybridized carbons (Fsp3) is 0.286. The van der Waals surface area contributed by atoms with Crippen LogP contribution in [0.2, 0.25) is 0 Å². The zero-order valence-electron chi connectivity index (χ0n) is 16.2. The highest BCUT2D eigenvalue weighted by molar-refractivity contribution is 5.65. The molecule has 0 aliphatic carbocycles. The lowest BCUT2D eigenvalue weighted by atomic mass is 10.2. The third kappa shape index (κ3) is 4.73. The molecule has 0 saturated carbocycles. The van der Waals surface area contributed by atoms with E-state index in [1.807, 2.05) is 44.2 Å². The number of rotatable bonds is 7. The summed E-state index contributed by atoms with van der Waals surface area (Å²) in [5.41, 5.74) is 3.09. The van der Waals surface area contributed by atoms with Crippen LogP contribution >= 0.6 is 0 Å². The van der Waals surface area contributed by atoms with Gasteiger partial charge < -0.3 is 15.0 Å². The summed E-state index contributed by atoms with van der Waals surface area (Å²) in [6.45, 7) is 8.93. The van der Waals surface area contributed by atoms with Gasteiger partial charge in [0.2, 0.25) is 5.95 Å². The van der Waals surface area contributed by atoms with E-state index in [0.717, 1.165) is 29.5 Å². The zero-order chi connectivity index (χ0) is 19.2. The highest BCUT2D eigenvalue weighted by Gasteiger charge is 2.12. The lowest BCUT2D eigenvalue weighted by Gasteiger charge is -2.22. The molecule has 0 amide bonds. The van der Waals surface area contributed by atoms with Crippen LogP contribution in [0, 0.1) is 6.92 Å². The molecule has 3 rings (SSSR count). The summed E-state index contributed by atoms with van der Waals surface area (Å²) in [5, 5.41) is 11.5. The molecule has 0 unspecified atom stereocenters. The first-order valence-electron chi connectivity index (χ1n) is 9.13. The van der Waals surface area contributed by atoms with Crippen LogP contribution in [0.25, 0.3) is 0 Å². The van der Waals surface area contributed by atoms with E-state index in [9.17, 15) is 0 Å². The summed E-state index contributed by atoms with van der Waals surface area (Å²) in [6, 6.07) is 16.1. The van der Waals surface area contributed by atoms with Crippen molar-refractivity contribution in [3.63, 3.8) is 0 Å². The maximum Gasteiger partial charge on any atom is 0.249 e. The number of hydrogen-bond acceptors (Lipinski definition) is 6. The van der Waals surface area contributed by atoms with Crippen molar-refractivity contribution in [1.82, 2.24) is 15.2 Å². The van der Waals surface area contributed by atoms with E-state index in [1.165, 1.54) is 5.56 Å². The van der Waals surface area contributed by atoms with Crippen molar-refractivity contribution in [2.45, 2.75) is 33.8 Å². The summed E-state index contributed by atoms with van der Waals surface area (Å²) in [5.74, 6) is 1.92. The Morgan fingerprint density at radius 2 is 1.93 bits per heavy atom. The number of aromatic nitrogens is 3. The zero-order valence-corrected chi connectivity index (χ0v) is 16.2. The fourth-order valence-electron chi connectivity index (χ4n) is 2.80. The second-order valence-electron chi connectivity index (χ2n) is 6.51. The van der Waals surface area contributed by atoms with Gasteiger partial charge in [-0.1, -0.05) is 24.3 Å². The summed E-state index contributed by atoms with van der Waals surface area (Å²) < 4.78 is 5.85. The number of aryl methyl sites for hydroxylation is 1. The van der Waals surface area contributed by atoms with Crippen molar-refractivity contribution in [2.24, 2.45) is 0 Å². The molecule has 3 aromatic rings. The van der Waals surface area contributed by atoms with Crippen LogP contribution < -0.4 is 15.0 Å². The van der Waals surface area contributed by atoms with Gasteiger partial charge in [0.1, 0.15) is 5.75 Å². The molecule has 0 saturated heterocycles. The van der Waals surface area contributed by atoms with Crippen LogP contribution in [0.5, 0.6) is 5.75 Å². The Morgan fingerprint density at radius 1 is 1.11 bits per heavy atom. The van der Waals surface area contributed by atoms with Gasteiger partial charge in [0.15, 0.2) is 5.82 Å². The van der Waals surface area contributed by atoms with Crippen molar-refractivity contribution < 1.29 is 4.74 Å². The number of hydrogen-bond donors (Lipinski definition) is 1. The van der Waals surface area contributed by atoms with E-state index in [-0.39, 0.29) is 6.10 Å². The minimum absolute atomic E-state index is 0.0789. The molecular formula is C21H25N5O. The third-order valence-corrected chi connectivity index (χ3v) is 3.95. The lowest BCUT2D eigenvalue weighted by Crippen LogP contribution is -2.18. The molecule has 1 N–H and O–H groups in total. The number of anilines is 4. The van der Waals surface area contributed by atoms with E-state index in [1.54, 1.807) is 6.20 Å². The largest absolute Gasteiger partial charge is 0.489 e. The molecule has 2 aromatic carbocycles. The van der Waals surface area contributed by atoms with Crippen molar-refractivity contribution in [3.8, 4) is 5.75 Å². The third-order valence-electron chi connectivity index (χ3n) is 3.95. The maximum atomic E-state index is 5.85. The topological polar surface area (TPSA) is 63.2 Å². The SMILES string of the molecule is CCN(c1cccc(C)c1)c1cnnc(Nc2ccccc2OC(C)C)n1. The molecule has 0 aliphatic heterocycles. The Hall–Kier alpha value is -3.15. The minimum atomic E-state index is 0.0789. The smallest absolute Gasteiger partial charge is 0.249 e. The summed E-state index contributed by atoms with van der Waals surface area (Å²) in [7, 11) is 0. The predicted octanol–water partition coefficient (Wildman–Crippen LogP) is 4.87. The average Bonchev–Trinajstić information content (AvgIpc) is 2.64. The maximum absolute atomic E-state index is 5.85. The molecule has 6 nitrogen and oxygen atoms in total. The molecule has 1 heterocycles. The molecule has 0 spiro atoms. The van der Waals surface area contributed by atoms with Gasteiger partial charge >= 0.3 is 0 Å². The van der Waals surface area contributed by atoms with Crippen LogP contribution in [-0.2, 0) is 0 Å². The molecule has 1 aromatic heterocycles. The van der Waals surface area contributed by atoms with Gasteiger partial charge in [0.05, 0.1) is 18.0 Å². The Morgan fingerprint density at radius 3 is 2.67 bits per heavy atom. The van der Waals surface area contributed by atoms with Crippen LogP contribution in [0.3, 0.4) is 0 Å². The summed E-state index contributed by atoms with van der Waals surface area (Å²) in [4.78, 5) is 6.75. The van der Waals surface area contributed by atoms with Crippen LogP contribution in [0.15, 0.2) is 54.7 Å². The van der Waals surface area contributed by atoms with E-state index in [4.69, 9.17) is 4.74 Å². The van der Waals surface area contributed by atoms with Crippen LogP contribution in [0.1, 0.15) is 26.3 Å². The Labute approximate surface area is 160 Å². The highest BCUT2D eigenvalue weighted by Crippen LogP contribution is 2.28. The lowest BCUT2D eigenvalue weighted by molar-refractivity contribution is 0.244. The van der Waals surface area contributed by atoms with Gasteiger partial charge in [-0.05, 0) is 57.5 Å². The molecule has 0 atom stereocenters. The quantitative estimate of drug-likeness (QED) is 0.646. The molecule has 6 heteroatoms. The van der Waals surface area contributed by atoms with Gasteiger partial charge in [-0.2, -0.15) is 10.1 Å².